The maximum atomic E-state index is 14.3. The fourth-order valence-electron chi connectivity index (χ4n) is 5.71. The fourth-order valence-corrected chi connectivity index (χ4v) is 5.99. The molecule has 6 rings (SSSR count). The van der Waals surface area contributed by atoms with E-state index in [1.807, 2.05) is 79.7 Å². The van der Waals surface area contributed by atoms with E-state index in [4.69, 9.17) is 21.3 Å². The van der Waals surface area contributed by atoms with Crippen LogP contribution in [-0.2, 0) is 16.1 Å². The average Bonchev–Trinajstić information content (AvgIpc) is 3.07. The van der Waals surface area contributed by atoms with E-state index in [9.17, 15) is 9.59 Å². The summed E-state index contributed by atoms with van der Waals surface area (Å²) in [4.78, 5) is 43.5. The first-order valence-corrected chi connectivity index (χ1v) is 15.7. The maximum absolute atomic E-state index is 14.3. The summed E-state index contributed by atoms with van der Waals surface area (Å²) < 4.78 is 6.90. The van der Waals surface area contributed by atoms with Gasteiger partial charge in [0.2, 0.25) is 11.9 Å². The van der Waals surface area contributed by atoms with Crippen LogP contribution in [0.1, 0.15) is 24.4 Å². The van der Waals surface area contributed by atoms with E-state index < -0.39 is 0 Å². The molecule has 1 atom stereocenters. The van der Waals surface area contributed by atoms with Crippen molar-refractivity contribution in [1.82, 2.24) is 29.7 Å². The molecule has 2 aromatic carbocycles. The van der Waals surface area contributed by atoms with Crippen molar-refractivity contribution >= 4 is 34.5 Å². The van der Waals surface area contributed by atoms with Crippen molar-refractivity contribution in [2.75, 3.05) is 39.2 Å². The van der Waals surface area contributed by atoms with Gasteiger partial charge in [-0.25, -0.2) is 4.98 Å². The molecule has 5 aromatic rings. The number of pyridine rings is 2. The molecular weight excluding hydrogens is 602 g/mol. The molecule has 2 N–H and O–H groups in total. The van der Waals surface area contributed by atoms with Crippen molar-refractivity contribution in [1.29, 1.82) is 0 Å². The van der Waals surface area contributed by atoms with Crippen LogP contribution in [0.15, 0.2) is 90.1 Å². The average molecular weight is 638 g/mol. The summed E-state index contributed by atoms with van der Waals surface area (Å²) in [6.07, 6.45) is 6.81. The zero-order valence-corrected chi connectivity index (χ0v) is 26.6. The molecule has 4 heterocycles. The van der Waals surface area contributed by atoms with Gasteiger partial charge in [0.15, 0.2) is 0 Å². The highest BCUT2D eigenvalue weighted by Crippen LogP contribution is 2.32. The van der Waals surface area contributed by atoms with Gasteiger partial charge in [-0.3, -0.25) is 19.1 Å². The number of fused-ring (bicyclic) bond motifs is 1. The van der Waals surface area contributed by atoms with Gasteiger partial charge < -0.3 is 20.3 Å². The van der Waals surface area contributed by atoms with E-state index in [0.717, 1.165) is 29.5 Å². The molecule has 1 aliphatic rings. The van der Waals surface area contributed by atoms with Crippen LogP contribution in [0.5, 0.6) is 0 Å². The van der Waals surface area contributed by atoms with Gasteiger partial charge in [-0.15, -0.1) is 0 Å². The Kier molecular flexibility index (Phi) is 9.68. The number of nitrogens with one attached hydrogen (secondary N) is 2. The van der Waals surface area contributed by atoms with E-state index in [1.165, 1.54) is 4.57 Å². The molecule has 10 nitrogen and oxygen atoms in total. The quantitative estimate of drug-likeness (QED) is 0.215. The van der Waals surface area contributed by atoms with Crippen LogP contribution < -0.4 is 16.2 Å². The number of rotatable bonds is 10. The summed E-state index contributed by atoms with van der Waals surface area (Å²) in [7, 11) is 3.91. The monoisotopic (exact) mass is 637 g/mol. The minimum absolute atomic E-state index is 0.156. The molecule has 3 aromatic heterocycles. The molecule has 1 saturated heterocycles. The lowest BCUT2D eigenvalue weighted by atomic mass is 10.0. The van der Waals surface area contributed by atoms with Crippen molar-refractivity contribution in [3.63, 3.8) is 0 Å². The smallest absolute Gasteiger partial charge is 0.260 e. The number of carbonyl (C=O) groups is 1. The van der Waals surface area contributed by atoms with Crippen molar-refractivity contribution < 1.29 is 9.53 Å². The molecule has 1 amide bonds. The van der Waals surface area contributed by atoms with Crippen LogP contribution in [0.4, 0.5) is 5.95 Å². The first kappa shape index (κ1) is 31.3. The lowest BCUT2D eigenvalue weighted by Gasteiger charge is -2.24. The molecule has 0 radical (unpaired) electrons. The topological polar surface area (TPSA) is 114 Å². The number of carbonyl (C=O) groups excluding carboxylic acids is 1. The second-order valence-corrected chi connectivity index (χ2v) is 12.1. The van der Waals surface area contributed by atoms with Gasteiger partial charge in [-0.05, 0) is 56.3 Å². The molecule has 236 valence electrons. The number of likely N-dealkylation sites (N-methyl/N-ethyl adjacent to an activating group) is 1. The lowest BCUT2D eigenvalue weighted by Crippen LogP contribution is -2.39. The predicted molar refractivity (Wildman–Crippen MR) is 181 cm³/mol. The van der Waals surface area contributed by atoms with E-state index in [-0.39, 0.29) is 30.1 Å². The third kappa shape index (κ3) is 7.25. The third-order valence-electron chi connectivity index (χ3n) is 8.02. The molecule has 0 bridgehead atoms. The summed E-state index contributed by atoms with van der Waals surface area (Å²) in [6, 6.07) is 20.8. The summed E-state index contributed by atoms with van der Waals surface area (Å²) in [5.41, 5.74) is 3.65. The van der Waals surface area contributed by atoms with Gasteiger partial charge in [0.05, 0.1) is 6.04 Å². The van der Waals surface area contributed by atoms with Gasteiger partial charge in [-0.2, -0.15) is 4.98 Å². The highest BCUT2D eigenvalue weighted by Gasteiger charge is 2.21. The van der Waals surface area contributed by atoms with Crippen molar-refractivity contribution in [2.45, 2.75) is 31.5 Å². The molecule has 1 fully saturated rings. The molecule has 1 unspecified atom stereocenters. The minimum atomic E-state index is -0.377. The van der Waals surface area contributed by atoms with Crippen molar-refractivity contribution in [3.05, 3.63) is 106 Å². The first-order valence-electron chi connectivity index (χ1n) is 15.3. The SMILES string of the molecule is CN(C)CC(NC(=O)Cn1c(=O)c(-c2ccc(-c3cccnc3)cc2Cl)cc2cnc(NC3CCOCC3)nc21)c1ccccc1. The summed E-state index contributed by atoms with van der Waals surface area (Å²) in [5.74, 6) is 0.0844. The number of anilines is 1. The van der Waals surface area contributed by atoms with E-state index >= 15 is 0 Å². The van der Waals surface area contributed by atoms with Crippen LogP contribution in [0.3, 0.4) is 0 Å². The van der Waals surface area contributed by atoms with Crippen LogP contribution in [0, 0.1) is 0 Å². The molecular formula is C35H36ClN7O3. The molecule has 46 heavy (non-hydrogen) atoms. The van der Waals surface area contributed by atoms with Crippen LogP contribution >= 0.6 is 11.6 Å². The van der Waals surface area contributed by atoms with E-state index in [2.05, 4.69) is 20.6 Å². The Balaban J connectivity index is 1.39. The molecule has 0 spiro atoms. The summed E-state index contributed by atoms with van der Waals surface area (Å²) in [5, 5.41) is 7.53. The molecule has 11 heteroatoms. The number of ether oxygens (including phenoxy) is 1. The fraction of sp³-hybridized carbons (Fsp3) is 0.286. The van der Waals surface area contributed by atoms with Gasteiger partial charge >= 0.3 is 0 Å². The second-order valence-electron chi connectivity index (χ2n) is 11.7. The Morgan fingerprint density at radius 1 is 1.02 bits per heavy atom. The lowest BCUT2D eigenvalue weighted by molar-refractivity contribution is -0.122. The second kappa shape index (κ2) is 14.2. The predicted octanol–water partition coefficient (Wildman–Crippen LogP) is 5.18. The van der Waals surface area contributed by atoms with Gasteiger partial charge in [-0.1, -0.05) is 60.1 Å². The standard InChI is InChI=1S/C35H36ClN7O3/c1-42(2)21-31(23-7-4-3-5-8-23)40-32(44)22-43-33-26(20-38-35(41-33)39-27-12-15-46-16-13-27)17-29(34(43)45)28-11-10-24(18-30(28)36)25-9-6-14-37-19-25/h3-11,14,17-20,27,31H,12-13,15-16,21-22H2,1-2H3,(H,40,44)(H,38,39,41). The molecule has 0 aliphatic carbocycles. The maximum Gasteiger partial charge on any atom is 0.260 e. The van der Waals surface area contributed by atoms with Crippen LogP contribution in [-0.4, -0.2) is 70.2 Å². The zero-order chi connectivity index (χ0) is 32.0. The van der Waals surface area contributed by atoms with E-state index in [0.29, 0.717) is 52.9 Å². The largest absolute Gasteiger partial charge is 0.381 e. The number of nitrogens with zero attached hydrogens (tertiary/aromatic N) is 5. The van der Waals surface area contributed by atoms with Gasteiger partial charge in [0.1, 0.15) is 12.2 Å². The summed E-state index contributed by atoms with van der Waals surface area (Å²) in [6.45, 7) is 1.68. The highest BCUT2D eigenvalue weighted by molar-refractivity contribution is 6.33. The number of halogens is 1. The Morgan fingerprint density at radius 2 is 1.83 bits per heavy atom. The highest BCUT2D eigenvalue weighted by atomic mass is 35.5. The van der Waals surface area contributed by atoms with Crippen LogP contribution in [0.25, 0.3) is 33.3 Å². The Bertz CT molecular complexity index is 1880. The number of hydrogen-bond donors (Lipinski definition) is 2. The minimum Gasteiger partial charge on any atom is -0.381 e. The van der Waals surface area contributed by atoms with Gasteiger partial charge in [0.25, 0.3) is 5.56 Å². The third-order valence-corrected chi connectivity index (χ3v) is 8.33. The van der Waals surface area contributed by atoms with Gasteiger partial charge in [0, 0.05) is 71.5 Å². The van der Waals surface area contributed by atoms with Crippen LogP contribution in [0.2, 0.25) is 5.02 Å². The Labute approximate surface area is 272 Å². The number of benzene rings is 2. The van der Waals surface area contributed by atoms with Crippen molar-refractivity contribution in [2.24, 2.45) is 0 Å². The zero-order valence-electron chi connectivity index (χ0n) is 25.8. The number of aromatic nitrogens is 4. The first-order chi connectivity index (χ1) is 22.4. The Hall–Kier alpha value is -4.64. The number of amides is 1. The molecule has 0 saturated carbocycles. The Morgan fingerprint density at radius 3 is 2.54 bits per heavy atom. The van der Waals surface area contributed by atoms with E-state index in [1.54, 1.807) is 24.7 Å². The normalized spacial score (nSPS) is 14.3. The van der Waals surface area contributed by atoms with Crippen molar-refractivity contribution in [3.8, 4) is 22.3 Å². The number of hydrogen-bond acceptors (Lipinski definition) is 8. The molecule has 1 aliphatic heterocycles. The summed E-state index contributed by atoms with van der Waals surface area (Å²) >= 11 is 6.81.